The summed E-state index contributed by atoms with van der Waals surface area (Å²) in [5.41, 5.74) is 1.34. The molecule has 0 aliphatic rings. The number of benzene rings is 2. The topological polar surface area (TPSA) is 68.0 Å². The quantitative estimate of drug-likeness (QED) is 0.693. The van der Waals surface area contributed by atoms with Gasteiger partial charge < -0.3 is 4.42 Å². The fourth-order valence-electron chi connectivity index (χ4n) is 1.74. The van der Waals surface area contributed by atoms with Gasteiger partial charge in [-0.2, -0.15) is 0 Å². The number of halogens is 1. The van der Waals surface area contributed by atoms with E-state index in [2.05, 4.69) is 38.1 Å². The minimum Gasteiger partial charge on any atom is -0.403 e. The molecule has 0 saturated heterocycles. The Morgan fingerprint density at radius 1 is 1.00 bits per heavy atom. The van der Waals surface area contributed by atoms with Crippen molar-refractivity contribution in [3.05, 3.63) is 63.7 Å². The number of aromatic nitrogens is 2. The number of rotatable bonds is 3. The third-order valence-electron chi connectivity index (χ3n) is 2.77. The van der Waals surface area contributed by atoms with Gasteiger partial charge in [-0.15, -0.1) is 5.10 Å². The summed E-state index contributed by atoms with van der Waals surface area (Å²) < 4.78 is 6.49. The predicted molar refractivity (Wildman–Crippen MR) is 86.8 cm³/mol. The van der Waals surface area contributed by atoms with Crippen LogP contribution in [-0.2, 0) is 0 Å². The Bertz CT molecular complexity index is 754. The minimum absolute atomic E-state index is 0.0809. The van der Waals surface area contributed by atoms with Crippen LogP contribution in [0.5, 0.6) is 0 Å². The summed E-state index contributed by atoms with van der Waals surface area (Å²) >= 11 is 2.18. The number of hydrogen-bond donors (Lipinski definition) is 1. The van der Waals surface area contributed by atoms with Crippen molar-refractivity contribution in [2.45, 2.75) is 0 Å². The van der Waals surface area contributed by atoms with E-state index >= 15 is 0 Å². The fraction of sp³-hybridized carbons (Fsp3) is 0. The molecule has 0 saturated carbocycles. The molecule has 0 spiro atoms. The van der Waals surface area contributed by atoms with E-state index in [9.17, 15) is 4.79 Å². The average Bonchev–Trinajstić information content (AvgIpc) is 2.97. The highest BCUT2D eigenvalue weighted by atomic mass is 127. The van der Waals surface area contributed by atoms with Crippen LogP contribution in [0.15, 0.2) is 59.0 Å². The predicted octanol–water partition coefficient (Wildman–Crippen LogP) is 3.59. The summed E-state index contributed by atoms with van der Waals surface area (Å²) in [6.07, 6.45) is 0. The van der Waals surface area contributed by atoms with E-state index in [1.807, 2.05) is 42.5 Å². The van der Waals surface area contributed by atoms with Crippen molar-refractivity contribution in [3.8, 4) is 11.5 Å². The second kappa shape index (κ2) is 6.04. The molecular formula is C15H10IN3O2. The summed E-state index contributed by atoms with van der Waals surface area (Å²) in [7, 11) is 0. The normalized spacial score (nSPS) is 10.3. The van der Waals surface area contributed by atoms with Gasteiger partial charge in [-0.05, 0) is 59.0 Å². The molecule has 1 N–H and O–H groups in total. The van der Waals surface area contributed by atoms with Crippen LogP contribution in [0.2, 0.25) is 0 Å². The minimum atomic E-state index is -0.283. The SMILES string of the molecule is O=C(Nc1nnc(-c2ccccc2)o1)c1ccc(I)cc1. The third-order valence-corrected chi connectivity index (χ3v) is 3.49. The first kappa shape index (κ1) is 13.7. The smallest absolute Gasteiger partial charge is 0.322 e. The zero-order chi connectivity index (χ0) is 14.7. The number of amides is 1. The van der Waals surface area contributed by atoms with Crippen LogP contribution < -0.4 is 5.32 Å². The Labute approximate surface area is 134 Å². The second-order valence-corrected chi connectivity index (χ2v) is 5.49. The van der Waals surface area contributed by atoms with E-state index in [-0.39, 0.29) is 11.9 Å². The van der Waals surface area contributed by atoms with E-state index in [0.29, 0.717) is 11.5 Å². The molecule has 1 heterocycles. The van der Waals surface area contributed by atoms with Crippen LogP contribution in [0.1, 0.15) is 10.4 Å². The van der Waals surface area contributed by atoms with Gasteiger partial charge in [0.05, 0.1) is 0 Å². The van der Waals surface area contributed by atoms with Crippen LogP contribution in [-0.4, -0.2) is 16.1 Å². The lowest BCUT2D eigenvalue weighted by Crippen LogP contribution is -2.11. The fourth-order valence-corrected chi connectivity index (χ4v) is 2.10. The molecule has 0 aliphatic carbocycles. The number of carbonyl (C=O) groups excluding carboxylic acids is 1. The second-order valence-electron chi connectivity index (χ2n) is 4.24. The molecule has 0 unspecified atom stereocenters. The van der Waals surface area contributed by atoms with E-state index in [0.717, 1.165) is 9.13 Å². The summed E-state index contributed by atoms with van der Waals surface area (Å²) in [4.78, 5) is 12.0. The van der Waals surface area contributed by atoms with Crippen molar-refractivity contribution in [2.24, 2.45) is 0 Å². The van der Waals surface area contributed by atoms with Gasteiger partial charge in [0, 0.05) is 14.7 Å². The van der Waals surface area contributed by atoms with Gasteiger partial charge in [-0.1, -0.05) is 23.3 Å². The van der Waals surface area contributed by atoms with Gasteiger partial charge in [0.1, 0.15) is 0 Å². The van der Waals surface area contributed by atoms with Crippen molar-refractivity contribution in [1.29, 1.82) is 0 Å². The maximum Gasteiger partial charge on any atom is 0.322 e. The maximum atomic E-state index is 12.0. The molecule has 6 heteroatoms. The number of nitrogens with one attached hydrogen (secondary N) is 1. The molecule has 0 aliphatic heterocycles. The first-order valence-corrected chi connectivity index (χ1v) is 7.26. The molecule has 1 aromatic heterocycles. The van der Waals surface area contributed by atoms with Crippen molar-refractivity contribution < 1.29 is 9.21 Å². The van der Waals surface area contributed by atoms with Gasteiger partial charge in [0.15, 0.2) is 0 Å². The van der Waals surface area contributed by atoms with Crippen LogP contribution >= 0.6 is 22.6 Å². The maximum absolute atomic E-state index is 12.0. The molecule has 0 fully saturated rings. The Morgan fingerprint density at radius 2 is 1.71 bits per heavy atom. The number of nitrogens with zero attached hydrogens (tertiary/aromatic N) is 2. The van der Waals surface area contributed by atoms with E-state index < -0.39 is 0 Å². The lowest BCUT2D eigenvalue weighted by Gasteiger charge is -2.00. The molecule has 21 heavy (non-hydrogen) atoms. The van der Waals surface area contributed by atoms with Crippen LogP contribution in [0.4, 0.5) is 6.01 Å². The van der Waals surface area contributed by atoms with Gasteiger partial charge in [0.2, 0.25) is 5.89 Å². The lowest BCUT2D eigenvalue weighted by atomic mass is 10.2. The van der Waals surface area contributed by atoms with Gasteiger partial charge in [-0.25, -0.2) is 0 Å². The van der Waals surface area contributed by atoms with Crippen LogP contribution in [0.3, 0.4) is 0 Å². The molecule has 0 bridgehead atoms. The highest BCUT2D eigenvalue weighted by molar-refractivity contribution is 14.1. The highest BCUT2D eigenvalue weighted by Gasteiger charge is 2.12. The highest BCUT2D eigenvalue weighted by Crippen LogP contribution is 2.19. The monoisotopic (exact) mass is 391 g/mol. The van der Waals surface area contributed by atoms with E-state index in [4.69, 9.17) is 4.42 Å². The summed E-state index contributed by atoms with van der Waals surface area (Å²) in [6, 6.07) is 16.7. The lowest BCUT2D eigenvalue weighted by molar-refractivity contribution is 0.102. The largest absolute Gasteiger partial charge is 0.403 e. The molecule has 3 rings (SSSR count). The van der Waals surface area contributed by atoms with Crippen molar-refractivity contribution in [3.63, 3.8) is 0 Å². The Morgan fingerprint density at radius 3 is 2.43 bits per heavy atom. The Hall–Kier alpha value is -2.22. The molecule has 2 aromatic carbocycles. The van der Waals surface area contributed by atoms with E-state index in [1.165, 1.54) is 0 Å². The van der Waals surface area contributed by atoms with Crippen LogP contribution in [0.25, 0.3) is 11.5 Å². The van der Waals surface area contributed by atoms with Crippen LogP contribution in [0, 0.1) is 3.57 Å². The number of hydrogen-bond acceptors (Lipinski definition) is 4. The van der Waals surface area contributed by atoms with Gasteiger partial charge >= 0.3 is 6.01 Å². The van der Waals surface area contributed by atoms with Crippen molar-refractivity contribution >= 4 is 34.5 Å². The zero-order valence-electron chi connectivity index (χ0n) is 10.8. The molecule has 104 valence electrons. The molecular weight excluding hydrogens is 381 g/mol. The Balaban J connectivity index is 1.75. The third kappa shape index (κ3) is 3.27. The van der Waals surface area contributed by atoms with Gasteiger partial charge in [0.25, 0.3) is 5.91 Å². The first-order chi connectivity index (χ1) is 10.2. The van der Waals surface area contributed by atoms with Crippen molar-refractivity contribution in [2.75, 3.05) is 5.32 Å². The number of anilines is 1. The summed E-state index contributed by atoms with van der Waals surface area (Å²) in [6.45, 7) is 0. The Kier molecular flexibility index (Phi) is 3.96. The molecule has 0 atom stereocenters. The van der Waals surface area contributed by atoms with Crippen molar-refractivity contribution in [1.82, 2.24) is 10.2 Å². The summed E-state index contributed by atoms with van der Waals surface area (Å²) in [5, 5.41) is 10.3. The molecule has 5 nitrogen and oxygen atoms in total. The standard InChI is InChI=1S/C15H10IN3O2/c16-12-8-6-10(7-9-12)13(20)17-15-19-18-14(21-15)11-4-2-1-3-5-11/h1-9H,(H,17,19,20). The molecule has 1 amide bonds. The average molecular weight is 391 g/mol. The first-order valence-electron chi connectivity index (χ1n) is 6.18. The molecule has 0 radical (unpaired) electrons. The van der Waals surface area contributed by atoms with Gasteiger partial charge in [-0.3, -0.25) is 10.1 Å². The summed E-state index contributed by atoms with van der Waals surface area (Å²) in [5.74, 6) is 0.0863. The zero-order valence-corrected chi connectivity index (χ0v) is 12.9. The number of carbonyl (C=O) groups is 1. The molecule has 3 aromatic rings. The van der Waals surface area contributed by atoms with E-state index in [1.54, 1.807) is 12.1 Å².